The number of ether oxygens (including phenoxy) is 2. The molecule has 1 aromatic rings. The van der Waals surface area contributed by atoms with Crippen LogP contribution in [0.15, 0.2) is 0 Å². The number of aromatic nitrogens is 2. The van der Waals surface area contributed by atoms with Crippen LogP contribution in [0.5, 0.6) is 5.88 Å². The highest BCUT2D eigenvalue weighted by molar-refractivity contribution is 5.30. The summed E-state index contributed by atoms with van der Waals surface area (Å²) in [6.45, 7) is 0.740. The molecule has 0 aliphatic carbocycles. The van der Waals surface area contributed by atoms with Crippen LogP contribution in [-0.4, -0.2) is 17.1 Å². The van der Waals surface area contributed by atoms with Crippen LogP contribution >= 0.6 is 0 Å². The van der Waals surface area contributed by atoms with E-state index in [9.17, 15) is 4.39 Å². The molecule has 0 amide bonds. The molecule has 0 fully saturated rings. The van der Waals surface area contributed by atoms with Gasteiger partial charge in [-0.15, -0.1) is 0 Å². The Morgan fingerprint density at radius 1 is 1.42 bits per heavy atom. The molecule has 1 aliphatic rings. The fraction of sp³-hybridized carbons (Fsp3) is 0.429. The van der Waals surface area contributed by atoms with E-state index < -0.39 is 6.08 Å². The summed E-state index contributed by atoms with van der Waals surface area (Å²) in [5.74, 6) is 0.273. The van der Waals surface area contributed by atoms with E-state index in [1.54, 1.807) is 0 Å². The van der Waals surface area contributed by atoms with Crippen LogP contribution < -0.4 is 4.74 Å². The van der Waals surface area contributed by atoms with Gasteiger partial charge in [-0.3, -0.25) is 0 Å². The molecule has 1 aliphatic heterocycles. The molecule has 1 aromatic heterocycles. The van der Waals surface area contributed by atoms with Crippen molar-refractivity contribution in [3.05, 3.63) is 17.3 Å². The van der Waals surface area contributed by atoms with Gasteiger partial charge in [0.25, 0.3) is 0 Å². The number of nitrogens with zero attached hydrogens (tertiary/aromatic N) is 2. The molecule has 0 spiro atoms. The fourth-order valence-corrected chi connectivity index (χ4v) is 1.16. The minimum Gasteiger partial charge on any atom is -0.481 e. The molecule has 0 N–H and O–H groups in total. The normalized spacial score (nSPS) is 14.5. The van der Waals surface area contributed by atoms with Gasteiger partial charge in [-0.05, 0) is 0 Å². The minimum atomic E-state index is -0.767. The van der Waals surface area contributed by atoms with Crippen LogP contribution in [0.25, 0.3) is 0 Å². The third kappa shape index (κ3) is 1.02. The van der Waals surface area contributed by atoms with Gasteiger partial charge in [-0.1, -0.05) is 0 Å². The quantitative estimate of drug-likeness (QED) is 0.580. The second kappa shape index (κ2) is 2.67. The first-order valence-electron chi connectivity index (χ1n) is 3.48. The van der Waals surface area contributed by atoms with Gasteiger partial charge in [0.2, 0.25) is 5.88 Å². The van der Waals surface area contributed by atoms with Gasteiger partial charge in [-0.25, -0.2) is 4.98 Å². The molecule has 0 unspecified atom stereocenters. The predicted molar refractivity (Wildman–Crippen MR) is 37.0 cm³/mol. The highest BCUT2D eigenvalue weighted by Gasteiger charge is 2.20. The van der Waals surface area contributed by atoms with Crippen LogP contribution in [-0.2, 0) is 18.0 Å². The molecular weight excluding hydrogens is 163 g/mol. The summed E-state index contributed by atoms with van der Waals surface area (Å²) < 4.78 is 22.6. The fourth-order valence-electron chi connectivity index (χ4n) is 1.16. The summed E-state index contributed by atoms with van der Waals surface area (Å²) in [5.41, 5.74) is 1.33. The second-order valence-corrected chi connectivity index (χ2v) is 2.42. The summed E-state index contributed by atoms with van der Waals surface area (Å²) in [6.07, 6.45) is -0.767. The first-order valence-corrected chi connectivity index (χ1v) is 3.48. The number of rotatable bonds is 1. The number of hydrogen-bond acceptors (Lipinski definition) is 4. The molecular formula is C7H7FN2O2. The molecule has 0 saturated carbocycles. The summed E-state index contributed by atoms with van der Waals surface area (Å²) in [4.78, 5) is 7.06. The molecule has 2 rings (SSSR count). The largest absolute Gasteiger partial charge is 0.481 e. The van der Waals surface area contributed by atoms with Crippen molar-refractivity contribution < 1.29 is 13.9 Å². The van der Waals surface area contributed by atoms with Crippen molar-refractivity contribution in [2.45, 2.75) is 13.2 Å². The lowest BCUT2D eigenvalue weighted by molar-refractivity contribution is 0.132. The minimum absolute atomic E-state index is 0.273. The zero-order valence-corrected chi connectivity index (χ0v) is 6.50. The third-order valence-electron chi connectivity index (χ3n) is 1.71. The lowest BCUT2D eigenvalue weighted by atomic mass is 10.3. The van der Waals surface area contributed by atoms with Gasteiger partial charge in [0.15, 0.2) is 0 Å². The van der Waals surface area contributed by atoms with Gasteiger partial charge >= 0.3 is 6.08 Å². The SMILES string of the molecule is COc1nc(F)nc2c1COC2. The van der Waals surface area contributed by atoms with Crippen molar-refractivity contribution in [2.24, 2.45) is 0 Å². The molecule has 0 radical (unpaired) electrons. The van der Waals surface area contributed by atoms with E-state index in [1.807, 2.05) is 0 Å². The molecule has 5 heteroatoms. The first-order chi connectivity index (χ1) is 5.81. The molecule has 4 nitrogen and oxygen atoms in total. The van der Waals surface area contributed by atoms with Gasteiger partial charge in [0.05, 0.1) is 31.6 Å². The van der Waals surface area contributed by atoms with Crippen molar-refractivity contribution in [1.82, 2.24) is 9.97 Å². The zero-order chi connectivity index (χ0) is 8.55. The summed E-state index contributed by atoms with van der Waals surface area (Å²) in [7, 11) is 1.44. The Kier molecular flexibility index (Phi) is 1.65. The lowest BCUT2D eigenvalue weighted by Gasteiger charge is -2.02. The predicted octanol–water partition coefficient (Wildman–Crippen LogP) is 0.654. The molecule has 2 heterocycles. The average Bonchev–Trinajstić information content (AvgIpc) is 2.50. The van der Waals surface area contributed by atoms with E-state index >= 15 is 0 Å². The van der Waals surface area contributed by atoms with E-state index in [-0.39, 0.29) is 5.88 Å². The number of methoxy groups -OCH3 is 1. The number of fused-ring (bicyclic) bond motifs is 1. The van der Waals surface area contributed by atoms with Crippen molar-refractivity contribution >= 4 is 0 Å². The standard InChI is InChI=1S/C7H7FN2O2/c1-11-6-4-2-12-3-5(4)9-7(8)10-6/h2-3H2,1H3. The molecule has 0 saturated heterocycles. The van der Waals surface area contributed by atoms with E-state index in [0.717, 1.165) is 5.56 Å². The van der Waals surface area contributed by atoms with E-state index in [0.29, 0.717) is 18.9 Å². The van der Waals surface area contributed by atoms with Crippen LogP contribution in [0.1, 0.15) is 11.3 Å². The molecule has 0 aromatic carbocycles. The number of halogens is 1. The average molecular weight is 170 g/mol. The summed E-state index contributed by atoms with van der Waals surface area (Å²) >= 11 is 0. The van der Waals surface area contributed by atoms with E-state index in [1.165, 1.54) is 7.11 Å². The molecule has 0 bridgehead atoms. The maximum Gasteiger partial charge on any atom is 0.312 e. The Morgan fingerprint density at radius 2 is 2.25 bits per heavy atom. The smallest absolute Gasteiger partial charge is 0.312 e. The second-order valence-electron chi connectivity index (χ2n) is 2.42. The molecule has 64 valence electrons. The Bertz CT molecular complexity index is 317. The first kappa shape index (κ1) is 7.42. The van der Waals surface area contributed by atoms with Crippen molar-refractivity contribution in [3.63, 3.8) is 0 Å². The maximum atomic E-state index is 12.7. The van der Waals surface area contributed by atoms with Gasteiger partial charge in [0.1, 0.15) is 0 Å². The Balaban J connectivity index is 2.55. The van der Waals surface area contributed by atoms with Gasteiger partial charge < -0.3 is 9.47 Å². The van der Waals surface area contributed by atoms with Crippen LogP contribution in [0.2, 0.25) is 0 Å². The Hall–Kier alpha value is -1.23. The Labute approximate surface area is 68.4 Å². The lowest BCUT2D eigenvalue weighted by Crippen LogP contribution is -2.01. The summed E-state index contributed by atoms with van der Waals surface area (Å²) in [6, 6.07) is 0. The highest BCUT2D eigenvalue weighted by Crippen LogP contribution is 2.25. The van der Waals surface area contributed by atoms with Crippen molar-refractivity contribution in [3.8, 4) is 5.88 Å². The van der Waals surface area contributed by atoms with Crippen LogP contribution in [0, 0.1) is 6.08 Å². The monoisotopic (exact) mass is 170 g/mol. The van der Waals surface area contributed by atoms with Crippen molar-refractivity contribution in [2.75, 3.05) is 7.11 Å². The topological polar surface area (TPSA) is 44.2 Å². The van der Waals surface area contributed by atoms with Gasteiger partial charge in [-0.2, -0.15) is 9.37 Å². The summed E-state index contributed by atoms with van der Waals surface area (Å²) in [5, 5.41) is 0. The highest BCUT2D eigenvalue weighted by atomic mass is 19.1. The third-order valence-corrected chi connectivity index (χ3v) is 1.71. The van der Waals surface area contributed by atoms with Crippen molar-refractivity contribution in [1.29, 1.82) is 0 Å². The maximum absolute atomic E-state index is 12.7. The number of hydrogen-bond donors (Lipinski definition) is 0. The van der Waals surface area contributed by atoms with Gasteiger partial charge in [0, 0.05) is 0 Å². The van der Waals surface area contributed by atoms with Crippen LogP contribution in [0.4, 0.5) is 4.39 Å². The Morgan fingerprint density at radius 3 is 3.00 bits per heavy atom. The zero-order valence-electron chi connectivity index (χ0n) is 6.50. The van der Waals surface area contributed by atoms with Crippen LogP contribution in [0.3, 0.4) is 0 Å². The van der Waals surface area contributed by atoms with E-state index in [4.69, 9.17) is 9.47 Å². The molecule has 0 atom stereocenters. The molecule has 12 heavy (non-hydrogen) atoms. The van der Waals surface area contributed by atoms with E-state index in [2.05, 4.69) is 9.97 Å².